The van der Waals surface area contributed by atoms with E-state index in [1.165, 1.54) is 15.3 Å². The van der Waals surface area contributed by atoms with Crippen LogP contribution in [0, 0.1) is 18.8 Å². The summed E-state index contributed by atoms with van der Waals surface area (Å²) in [5.41, 5.74) is 6.88. The fourth-order valence-corrected chi connectivity index (χ4v) is 4.05. The summed E-state index contributed by atoms with van der Waals surface area (Å²) >= 11 is 3.58. The molecule has 2 aromatic heterocycles. The zero-order valence-electron chi connectivity index (χ0n) is 13.9. The highest BCUT2D eigenvalue weighted by molar-refractivity contribution is 7.12. The van der Waals surface area contributed by atoms with Gasteiger partial charge in [0.1, 0.15) is 0 Å². The minimum absolute atomic E-state index is 0.0226. The molecule has 0 saturated carbocycles. The fraction of sp³-hybridized carbons (Fsp3) is 0.474. The van der Waals surface area contributed by atoms with E-state index >= 15 is 0 Å². The Hall–Kier alpha value is -1.12. The maximum atomic E-state index is 9.19. The van der Waals surface area contributed by atoms with Crippen molar-refractivity contribution in [1.82, 2.24) is 0 Å². The van der Waals surface area contributed by atoms with Gasteiger partial charge in [-0.1, -0.05) is 11.8 Å². The maximum Gasteiger partial charge on any atom is 0.0771 e. The van der Waals surface area contributed by atoms with Crippen molar-refractivity contribution in [3.63, 3.8) is 0 Å². The van der Waals surface area contributed by atoms with Crippen LogP contribution in [0.25, 0.3) is 0 Å². The van der Waals surface area contributed by atoms with Crippen molar-refractivity contribution in [2.45, 2.75) is 51.5 Å². The molecule has 2 nitrogen and oxygen atoms in total. The number of rotatable bonds is 7. The standard InChI is InChI=1S/C19H25NOS2/c1-15-11-13-22-18(15)7-5-3-4-6-16-8-9-17(23-16)10-12-19(2,20)14-21/h8-9,11,13,21H,3,5,7,10,12,14,20H2,1-2H3. The molecule has 0 spiro atoms. The highest BCUT2D eigenvalue weighted by Crippen LogP contribution is 2.20. The van der Waals surface area contributed by atoms with E-state index in [0.717, 1.165) is 37.0 Å². The molecule has 23 heavy (non-hydrogen) atoms. The molecule has 2 rings (SSSR count). The van der Waals surface area contributed by atoms with Crippen LogP contribution in [-0.4, -0.2) is 17.3 Å². The lowest BCUT2D eigenvalue weighted by molar-refractivity contribution is 0.201. The third kappa shape index (κ3) is 6.12. The van der Waals surface area contributed by atoms with Gasteiger partial charge in [0.2, 0.25) is 0 Å². The van der Waals surface area contributed by atoms with Gasteiger partial charge in [-0.25, -0.2) is 0 Å². The van der Waals surface area contributed by atoms with Gasteiger partial charge in [0.25, 0.3) is 0 Å². The first-order valence-electron chi connectivity index (χ1n) is 8.00. The Balaban J connectivity index is 1.75. The van der Waals surface area contributed by atoms with Gasteiger partial charge >= 0.3 is 0 Å². The second kappa shape index (κ2) is 8.65. The van der Waals surface area contributed by atoms with Gasteiger partial charge in [-0.05, 0) is 68.7 Å². The van der Waals surface area contributed by atoms with E-state index in [1.807, 2.05) is 18.3 Å². The molecule has 0 aromatic carbocycles. The van der Waals surface area contributed by atoms with Gasteiger partial charge in [-0.2, -0.15) is 0 Å². The second-order valence-electron chi connectivity index (χ2n) is 6.26. The van der Waals surface area contributed by atoms with Crippen LogP contribution in [0.4, 0.5) is 0 Å². The third-order valence-electron chi connectivity index (χ3n) is 3.85. The molecule has 2 aromatic rings. The van der Waals surface area contributed by atoms with Crippen LogP contribution >= 0.6 is 22.7 Å². The van der Waals surface area contributed by atoms with Crippen LogP contribution < -0.4 is 5.73 Å². The molecule has 0 saturated heterocycles. The van der Waals surface area contributed by atoms with E-state index in [4.69, 9.17) is 5.73 Å². The first-order valence-corrected chi connectivity index (χ1v) is 9.70. The number of unbranched alkanes of at least 4 members (excludes halogenated alkanes) is 1. The lowest BCUT2D eigenvalue weighted by Gasteiger charge is -2.20. The molecule has 3 N–H and O–H groups in total. The van der Waals surface area contributed by atoms with Crippen LogP contribution in [-0.2, 0) is 12.8 Å². The van der Waals surface area contributed by atoms with Crippen molar-refractivity contribution in [2.75, 3.05) is 6.61 Å². The number of hydrogen-bond acceptors (Lipinski definition) is 4. The average molecular weight is 348 g/mol. The average Bonchev–Trinajstić information content (AvgIpc) is 3.14. The van der Waals surface area contributed by atoms with Gasteiger partial charge < -0.3 is 10.8 Å². The summed E-state index contributed by atoms with van der Waals surface area (Å²) in [5.74, 6) is 6.54. The van der Waals surface area contributed by atoms with Crippen LogP contribution in [0.3, 0.4) is 0 Å². The lowest BCUT2D eigenvalue weighted by atomic mass is 9.98. The highest BCUT2D eigenvalue weighted by Gasteiger charge is 2.16. The van der Waals surface area contributed by atoms with E-state index in [1.54, 1.807) is 11.3 Å². The number of aryl methyl sites for hydroxylation is 3. The Morgan fingerprint density at radius 3 is 2.78 bits per heavy atom. The predicted octanol–water partition coefficient (Wildman–Crippen LogP) is 4.13. The molecular formula is C19H25NOS2. The van der Waals surface area contributed by atoms with Gasteiger partial charge in [0.05, 0.1) is 11.5 Å². The summed E-state index contributed by atoms with van der Waals surface area (Å²) in [7, 11) is 0. The fourth-order valence-electron chi connectivity index (χ4n) is 2.21. The number of aliphatic hydroxyl groups is 1. The summed E-state index contributed by atoms with van der Waals surface area (Å²) < 4.78 is 0. The van der Waals surface area contributed by atoms with Gasteiger partial charge in [0.15, 0.2) is 0 Å². The number of nitrogens with two attached hydrogens (primary N) is 1. The predicted molar refractivity (Wildman–Crippen MR) is 101 cm³/mol. The zero-order chi connectivity index (χ0) is 16.7. The van der Waals surface area contributed by atoms with Crippen molar-refractivity contribution in [3.05, 3.63) is 43.8 Å². The normalized spacial score (nSPS) is 13.4. The van der Waals surface area contributed by atoms with Crippen LogP contribution in [0.5, 0.6) is 0 Å². The van der Waals surface area contributed by atoms with E-state index in [2.05, 4.69) is 42.3 Å². The smallest absolute Gasteiger partial charge is 0.0771 e. The molecule has 0 amide bonds. The van der Waals surface area contributed by atoms with Crippen LogP contribution in [0.2, 0.25) is 0 Å². The van der Waals surface area contributed by atoms with E-state index in [-0.39, 0.29) is 6.61 Å². The summed E-state index contributed by atoms with van der Waals surface area (Å²) in [6.45, 7) is 4.08. The molecule has 0 bridgehead atoms. The summed E-state index contributed by atoms with van der Waals surface area (Å²) in [6, 6.07) is 6.39. The molecule has 0 radical (unpaired) electrons. The minimum atomic E-state index is -0.490. The third-order valence-corrected chi connectivity index (χ3v) is 5.99. The Labute approximate surface area is 147 Å². The van der Waals surface area contributed by atoms with E-state index in [0.29, 0.717) is 0 Å². The monoisotopic (exact) mass is 347 g/mol. The molecule has 1 unspecified atom stereocenters. The number of thiophene rings is 2. The van der Waals surface area contributed by atoms with Crippen molar-refractivity contribution in [2.24, 2.45) is 5.73 Å². The van der Waals surface area contributed by atoms with Crippen molar-refractivity contribution < 1.29 is 5.11 Å². The van der Waals surface area contributed by atoms with Gasteiger partial charge in [0, 0.05) is 21.7 Å². The summed E-state index contributed by atoms with van der Waals surface area (Å²) in [4.78, 5) is 3.89. The first-order chi connectivity index (χ1) is 11.0. The molecule has 0 aliphatic carbocycles. The molecule has 0 aliphatic heterocycles. The van der Waals surface area contributed by atoms with Crippen LogP contribution in [0.1, 0.15) is 46.4 Å². The van der Waals surface area contributed by atoms with E-state index in [9.17, 15) is 5.11 Å². The Morgan fingerprint density at radius 2 is 2.09 bits per heavy atom. The zero-order valence-corrected chi connectivity index (χ0v) is 15.5. The molecular weight excluding hydrogens is 322 g/mol. The largest absolute Gasteiger partial charge is 0.394 e. The van der Waals surface area contributed by atoms with Gasteiger partial charge in [-0.15, -0.1) is 22.7 Å². The summed E-state index contributed by atoms with van der Waals surface area (Å²) in [5, 5.41) is 11.3. The van der Waals surface area contributed by atoms with E-state index < -0.39 is 5.54 Å². The first kappa shape index (κ1) is 18.2. The SMILES string of the molecule is Cc1ccsc1CCCC#Cc1ccc(CCC(C)(N)CO)s1. The molecule has 124 valence electrons. The van der Waals surface area contributed by atoms with Crippen molar-refractivity contribution in [3.8, 4) is 11.8 Å². The maximum absolute atomic E-state index is 9.19. The molecule has 0 aliphatic rings. The Kier molecular flexibility index (Phi) is 6.86. The van der Waals surface area contributed by atoms with Crippen LogP contribution in [0.15, 0.2) is 23.6 Å². The van der Waals surface area contributed by atoms with Gasteiger partial charge in [-0.3, -0.25) is 0 Å². The molecule has 0 fully saturated rings. The topological polar surface area (TPSA) is 46.2 Å². The second-order valence-corrected chi connectivity index (χ2v) is 8.43. The highest BCUT2D eigenvalue weighted by atomic mass is 32.1. The molecule has 1 atom stereocenters. The van der Waals surface area contributed by atoms with Crippen molar-refractivity contribution in [1.29, 1.82) is 0 Å². The molecule has 4 heteroatoms. The van der Waals surface area contributed by atoms with Crippen molar-refractivity contribution >= 4 is 22.7 Å². The Bertz CT molecular complexity index is 673. The quantitative estimate of drug-likeness (QED) is 0.584. The summed E-state index contributed by atoms with van der Waals surface area (Å²) in [6.07, 6.45) is 4.88. The minimum Gasteiger partial charge on any atom is -0.394 e. The lowest BCUT2D eigenvalue weighted by Crippen LogP contribution is -2.40. The molecule has 2 heterocycles. The number of hydrogen-bond donors (Lipinski definition) is 2. The number of aliphatic hydroxyl groups excluding tert-OH is 1. The Morgan fingerprint density at radius 1 is 1.26 bits per heavy atom.